The number of carbonyl (C=O) groups is 1. The molecule has 0 bridgehead atoms. The molecule has 0 aromatic heterocycles. The minimum Gasteiger partial charge on any atom is -0.307 e. The van der Waals surface area contributed by atoms with Gasteiger partial charge in [-0.05, 0) is 167 Å². The van der Waals surface area contributed by atoms with Crippen molar-refractivity contribution in [3.8, 4) is 0 Å². The van der Waals surface area contributed by atoms with Crippen molar-refractivity contribution in [3.63, 3.8) is 0 Å². The van der Waals surface area contributed by atoms with Crippen LogP contribution in [0.3, 0.4) is 0 Å². The van der Waals surface area contributed by atoms with Crippen LogP contribution in [-0.2, 0) is 21.3 Å². The molecule has 5 heteroatoms. The van der Waals surface area contributed by atoms with Crippen molar-refractivity contribution in [1.29, 1.82) is 0 Å². The van der Waals surface area contributed by atoms with Crippen molar-refractivity contribution in [2.75, 3.05) is 0 Å². The van der Waals surface area contributed by atoms with Crippen molar-refractivity contribution in [1.82, 2.24) is 0 Å². The van der Waals surface area contributed by atoms with Crippen LogP contribution in [0.4, 0.5) is 0 Å². The fourth-order valence-corrected chi connectivity index (χ4v) is 29.1. The summed E-state index contributed by atoms with van der Waals surface area (Å²) in [5, 5.41) is 0. The molecule has 9 rings (SSSR count). The first kappa shape index (κ1) is 52.4. The van der Waals surface area contributed by atoms with Crippen LogP contribution in [0.5, 0.6) is 0 Å². The molecule has 9 fully saturated rings. The standard InChI is InChI=1S/3C18H33P.CH2O.Ni/c3*1-4-10-16(11-5-1)19(17-12-6-2-7-13-17)18-14-8-3-9-15-18;1-2;/h3*16-18H,1-15H2;1H2;. The molecular weight excluding hydrogens is 828 g/mol. The normalized spacial score (nSPS) is 27.5. The second-order valence-electron chi connectivity index (χ2n) is 22.0. The van der Waals surface area contributed by atoms with Gasteiger partial charge >= 0.3 is 0 Å². The minimum atomic E-state index is 0. The first-order chi connectivity index (χ1) is 29.3. The molecule has 352 valence electrons. The van der Waals surface area contributed by atoms with Gasteiger partial charge < -0.3 is 4.79 Å². The predicted octanol–water partition coefficient (Wildman–Crippen LogP) is 19.2. The molecule has 0 aliphatic heterocycles. The van der Waals surface area contributed by atoms with E-state index in [4.69, 9.17) is 4.79 Å². The maximum absolute atomic E-state index is 8.00. The van der Waals surface area contributed by atoms with Gasteiger partial charge in [0.25, 0.3) is 0 Å². The fourth-order valence-electron chi connectivity index (χ4n) is 15.1. The first-order valence-corrected chi connectivity index (χ1v) is 32.6. The predicted molar refractivity (Wildman–Crippen MR) is 270 cm³/mol. The molecule has 0 saturated heterocycles. The minimum absolute atomic E-state index is 0. The molecule has 9 saturated carbocycles. The average Bonchev–Trinajstić information content (AvgIpc) is 3.34. The summed E-state index contributed by atoms with van der Waals surface area (Å²) < 4.78 is 0. The summed E-state index contributed by atoms with van der Waals surface area (Å²) in [5.74, 6) is 0. The summed E-state index contributed by atoms with van der Waals surface area (Å²) in [6, 6.07) is 0. The Bertz CT molecular complexity index is 764. The van der Waals surface area contributed by atoms with E-state index in [1.807, 2.05) is 6.79 Å². The van der Waals surface area contributed by atoms with Crippen molar-refractivity contribution in [3.05, 3.63) is 0 Å². The van der Waals surface area contributed by atoms with Gasteiger partial charge in [-0.2, -0.15) is 0 Å². The van der Waals surface area contributed by atoms with Crippen molar-refractivity contribution < 1.29 is 21.3 Å². The van der Waals surface area contributed by atoms with Crippen LogP contribution in [0.1, 0.15) is 289 Å². The molecule has 0 aromatic rings. The van der Waals surface area contributed by atoms with Gasteiger partial charge in [0.05, 0.1) is 0 Å². The zero-order valence-electron chi connectivity index (χ0n) is 39.8. The SMILES string of the molecule is C1CCC(P(C2CCCCC2)C2CCCCC2)CC1.C1CCC(P(C2CCCCC2)C2CCCCC2)CC1.C1CCC(P(C2CCCCC2)C2CCCCC2)CC1.C=O.[Ni]. The van der Waals surface area contributed by atoms with E-state index in [1.165, 1.54) is 109 Å². The molecule has 0 aromatic carbocycles. The fraction of sp³-hybridized carbons (Fsp3) is 0.982. The zero-order valence-corrected chi connectivity index (χ0v) is 43.5. The molecule has 60 heavy (non-hydrogen) atoms. The van der Waals surface area contributed by atoms with E-state index >= 15 is 0 Å². The van der Waals surface area contributed by atoms with Gasteiger partial charge in [0.15, 0.2) is 0 Å². The molecule has 0 spiro atoms. The van der Waals surface area contributed by atoms with Gasteiger partial charge in [-0.25, -0.2) is 0 Å². The largest absolute Gasteiger partial charge is 0.307 e. The van der Waals surface area contributed by atoms with E-state index in [1.54, 1.807) is 231 Å². The molecule has 0 heterocycles. The van der Waals surface area contributed by atoms with Crippen LogP contribution in [0.2, 0.25) is 0 Å². The molecule has 0 amide bonds. The first-order valence-electron chi connectivity index (χ1n) is 28.0. The summed E-state index contributed by atoms with van der Waals surface area (Å²) in [4.78, 5) is 8.00. The molecule has 0 N–H and O–H groups in total. The summed E-state index contributed by atoms with van der Waals surface area (Å²) in [7, 11) is 1.15. The van der Waals surface area contributed by atoms with Gasteiger partial charge in [-0.1, -0.05) is 197 Å². The molecule has 0 atom stereocenters. The average molecular weight is 930 g/mol. The van der Waals surface area contributed by atoms with E-state index in [2.05, 4.69) is 0 Å². The number of hydrogen-bond donors (Lipinski definition) is 0. The third-order valence-corrected chi connectivity index (χ3v) is 30.2. The topological polar surface area (TPSA) is 17.1 Å². The third kappa shape index (κ3) is 17.0. The Morgan fingerprint density at radius 1 is 0.183 bits per heavy atom. The third-order valence-electron chi connectivity index (χ3n) is 18.0. The Labute approximate surface area is 389 Å². The summed E-state index contributed by atoms with van der Waals surface area (Å²) >= 11 is 0. The Balaban J connectivity index is 0.000000166. The Morgan fingerprint density at radius 3 is 0.350 bits per heavy atom. The van der Waals surface area contributed by atoms with E-state index in [-0.39, 0.29) is 16.5 Å². The summed E-state index contributed by atoms with van der Waals surface area (Å²) in [6.07, 6.45) is 70.9. The van der Waals surface area contributed by atoms with Gasteiger partial charge in [0, 0.05) is 16.5 Å². The zero-order chi connectivity index (χ0) is 40.7. The quantitative estimate of drug-likeness (QED) is 0.166. The molecular formula is C55H101NiOP3. The number of hydrogen-bond acceptors (Lipinski definition) is 1. The Morgan fingerprint density at radius 2 is 0.267 bits per heavy atom. The van der Waals surface area contributed by atoms with Gasteiger partial charge in [-0.3, -0.25) is 0 Å². The van der Waals surface area contributed by atoms with Gasteiger partial charge in [0.2, 0.25) is 0 Å². The van der Waals surface area contributed by atoms with Gasteiger partial charge in [0.1, 0.15) is 6.79 Å². The van der Waals surface area contributed by atoms with Crippen LogP contribution in [0.25, 0.3) is 0 Å². The van der Waals surface area contributed by atoms with Crippen molar-refractivity contribution in [2.45, 2.75) is 340 Å². The summed E-state index contributed by atoms with van der Waals surface area (Å²) in [6.45, 7) is 2.00. The van der Waals surface area contributed by atoms with Crippen LogP contribution in [0, 0.1) is 0 Å². The molecule has 9 aliphatic rings. The smallest absolute Gasteiger partial charge is 0.106 e. The van der Waals surface area contributed by atoms with E-state index in [0.717, 1.165) is 0 Å². The second-order valence-corrected chi connectivity index (χ2v) is 31.2. The van der Waals surface area contributed by atoms with Crippen LogP contribution < -0.4 is 0 Å². The monoisotopic (exact) mass is 929 g/mol. The molecule has 1 nitrogen and oxygen atoms in total. The van der Waals surface area contributed by atoms with E-state index < -0.39 is 0 Å². The van der Waals surface area contributed by atoms with Crippen LogP contribution in [0.15, 0.2) is 0 Å². The molecule has 9 aliphatic carbocycles. The summed E-state index contributed by atoms with van der Waals surface area (Å²) in [5.41, 5.74) is 10.7. The van der Waals surface area contributed by atoms with E-state index in [0.29, 0.717) is 23.8 Å². The molecule has 0 unspecified atom stereocenters. The number of rotatable bonds is 9. The van der Waals surface area contributed by atoms with Crippen molar-refractivity contribution >= 4 is 30.6 Å². The van der Waals surface area contributed by atoms with Crippen molar-refractivity contribution in [2.24, 2.45) is 0 Å². The molecule has 0 radical (unpaired) electrons. The Kier molecular flexibility index (Phi) is 27.5. The number of carbonyl (C=O) groups excluding carboxylic acids is 1. The Hall–Kier alpha value is 1.45. The maximum atomic E-state index is 8.00. The van der Waals surface area contributed by atoms with Crippen LogP contribution in [-0.4, -0.2) is 57.7 Å². The van der Waals surface area contributed by atoms with Gasteiger partial charge in [-0.15, -0.1) is 0 Å². The van der Waals surface area contributed by atoms with E-state index in [9.17, 15) is 0 Å². The second kappa shape index (κ2) is 31.4. The maximum Gasteiger partial charge on any atom is 0.106 e. The van der Waals surface area contributed by atoms with Crippen LogP contribution >= 0.6 is 23.8 Å².